The molecule has 4 aromatic rings. The lowest BCUT2D eigenvalue weighted by Crippen LogP contribution is -2.26. The Morgan fingerprint density at radius 2 is 1.59 bits per heavy atom. The van der Waals surface area contributed by atoms with Crippen LogP contribution in [0.5, 0.6) is 0 Å². The van der Waals surface area contributed by atoms with E-state index in [1.807, 2.05) is 36.4 Å². The summed E-state index contributed by atoms with van der Waals surface area (Å²) in [6.45, 7) is 0. The number of carbonyl (C=O) groups is 1. The van der Waals surface area contributed by atoms with Gasteiger partial charge in [-0.15, -0.1) is 0 Å². The van der Waals surface area contributed by atoms with Crippen molar-refractivity contribution in [1.82, 2.24) is 0 Å². The Morgan fingerprint density at radius 3 is 2.47 bits per heavy atom. The Morgan fingerprint density at radius 1 is 0.844 bits per heavy atom. The van der Waals surface area contributed by atoms with E-state index in [9.17, 15) is 4.79 Å². The molecule has 1 aliphatic rings. The molecule has 0 atom stereocenters. The molecule has 5 rings (SSSR count). The SMILES string of the molecule is O=C(C=Cc1ccc(-c2cc(Cl)ccc2Cl)o1)N1c2ccccc2Sc2ccc(Cl)cc21. The molecule has 0 N–H and O–H groups in total. The second-order valence-electron chi connectivity index (χ2n) is 7.01. The number of halogens is 3. The second kappa shape index (κ2) is 8.72. The highest BCUT2D eigenvalue weighted by Gasteiger charge is 2.27. The number of nitrogens with zero attached hydrogens (tertiary/aromatic N) is 1. The lowest BCUT2D eigenvalue weighted by Gasteiger charge is -2.30. The maximum atomic E-state index is 13.3. The topological polar surface area (TPSA) is 33.5 Å². The van der Waals surface area contributed by atoms with Gasteiger partial charge in [0.1, 0.15) is 11.5 Å². The average Bonchev–Trinajstić information content (AvgIpc) is 3.26. The van der Waals surface area contributed by atoms with Crippen LogP contribution in [0.25, 0.3) is 17.4 Å². The fourth-order valence-corrected chi connectivity index (χ4v) is 5.05. The highest BCUT2D eigenvalue weighted by Crippen LogP contribution is 2.48. The van der Waals surface area contributed by atoms with Gasteiger partial charge in [-0.3, -0.25) is 9.69 Å². The summed E-state index contributed by atoms with van der Waals surface area (Å²) in [6, 6.07) is 22.1. The molecular weight excluding hydrogens is 485 g/mol. The molecule has 0 unspecified atom stereocenters. The van der Waals surface area contributed by atoms with E-state index in [-0.39, 0.29) is 5.91 Å². The molecule has 0 saturated carbocycles. The number of hydrogen-bond donors (Lipinski definition) is 0. The Labute approximate surface area is 204 Å². The molecule has 2 heterocycles. The first kappa shape index (κ1) is 21.2. The van der Waals surface area contributed by atoms with Crippen molar-refractivity contribution in [3.05, 3.63) is 99.7 Å². The van der Waals surface area contributed by atoms with Crippen molar-refractivity contribution in [3.63, 3.8) is 0 Å². The number of hydrogen-bond acceptors (Lipinski definition) is 3. The van der Waals surface area contributed by atoms with Gasteiger partial charge in [0.2, 0.25) is 0 Å². The van der Waals surface area contributed by atoms with E-state index in [2.05, 4.69) is 0 Å². The molecule has 32 heavy (non-hydrogen) atoms. The zero-order chi connectivity index (χ0) is 22.2. The molecule has 3 nitrogen and oxygen atoms in total. The van der Waals surface area contributed by atoms with Crippen LogP contribution in [-0.4, -0.2) is 5.91 Å². The molecule has 0 aliphatic carbocycles. The highest BCUT2D eigenvalue weighted by atomic mass is 35.5. The van der Waals surface area contributed by atoms with Gasteiger partial charge in [0.15, 0.2) is 0 Å². The lowest BCUT2D eigenvalue weighted by molar-refractivity contribution is -0.113. The summed E-state index contributed by atoms with van der Waals surface area (Å²) in [5.74, 6) is 0.886. The zero-order valence-electron chi connectivity index (χ0n) is 16.4. The molecule has 1 aliphatic heterocycles. The van der Waals surface area contributed by atoms with Crippen molar-refractivity contribution in [2.75, 3.05) is 4.90 Å². The van der Waals surface area contributed by atoms with Gasteiger partial charge in [-0.2, -0.15) is 0 Å². The minimum absolute atomic E-state index is 0.208. The van der Waals surface area contributed by atoms with E-state index in [0.717, 1.165) is 21.2 Å². The number of anilines is 2. The summed E-state index contributed by atoms with van der Waals surface area (Å²) in [7, 11) is 0. The maximum Gasteiger partial charge on any atom is 0.255 e. The Hall–Kier alpha value is -2.63. The minimum atomic E-state index is -0.208. The molecule has 0 saturated heterocycles. The maximum absolute atomic E-state index is 13.3. The summed E-state index contributed by atoms with van der Waals surface area (Å²) in [4.78, 5) is 16.9. The lowest BCUT2D eigenvalue weighted by atomic mass is 10.2. The van der Waals surface area contributed by atoms with Gasteiger partial charge in [-0.05, 0) is 66.7 Å². The third kappa shape index (κ3) is 4.07. The fraction of sp³-hybridized carbons (Fsp3) is 0. The standard InChI is InChI=1S/C25H14Cl3NO2S/c26-15-5-9-19(28)18(13-15)22-10-7-17(31-22)8-12-25(30)29-20-3-1-2-4-23(20)32-24-11-6-16(27)14-21(24)29/h1-14H. The predicted molar refractivity (Wildman–Crippen MR) is 132 cm³/mol. The van der Waals surface area contributed by atoms with Gasteiger partial charge in [0, 0.05) is 31.5 Å². The van der Waals surface area contributed by atoms with Gasteiger partial charge in [-0.1, -0.05) is 58.7 Å². The minimum Gasteiger partial charge on any atom is -0.457 e. The van der Waals surface area contributed by atoms with Crippen molar-refractivity contribution in [2.24, 2.45) is 0 Å². The molecular formula is C25H14Cl3NO2S. The molecule has 7 heteroatoms. The van der Waals surface area contributed by atoms with Crippen LogP contribution < -0.4 is 4.90 Å². The van der Waals surface area contributed by atoms with E-state index in [1.54, 1.807) is 59.1 Å². The van der Waals surface area contributed by atoms with E-state index < -0.39 is 0 Å². The van der Waals surface area contributed by atoms with Crippen LogP contribution in [-0.2, 0) is 4.79 Å². The van der Waals surface area contributed by atoms with Gasteiger partial charge >= 0.3 is 0 Å². The number of carbonyl (C=O) groups excluding carboxylic acids is 1. The zero-order valence-corrected chi connectivity index (χ0v) is 19.5. The van der Waals surface area contributed by atoms with Crippen LogP contribution in [0.1, 0.15) is 5.76 Å². The number of furan rings is 1. The van der Waals surface area contributed by atoms with Crippen LogP contribution in [0, 0.1) is 0 Å². The average molecular weight is 499 g/mol. The van der Waals surface area contributed by atoms with Crippen molar-refractivity contribution >= 4 is 69.9 Å². The van der Waals surface area contributed by atoms with E-state index in [1.165, 1.54) is 6.08 Å². The van der Waals surface area contributed by atoms with Crippen molar-refractivity contribution in [2.45, 2.75) is 9.79 Å². The second-order valence-corrected chi connectivity index (χ2v) is 9.38. The summed E-state index contributed by atoms with van der Waals surface area (Å²) in [6.07, 6.45) is 3.12. The summed E-state index contributed by atoms with van der Waals surface area (Å²) in [5.41, 5.74) is 2.25. The first-order valence-corrected chi connectivity index (χ1v) is 11.6. The van der Waals surface area contributed by atoms with Gasteiger partial charge in [-0.25, -0.2) is 0 Å². The van der Waals surface area contributed by atoms with Crippen LogP contribution in [0.2, 0.25) is 15.1 Å². The molecule has 0 fully saturated rings. The van der Waals surface area contributed by atoms with Crippen molar-refractivity contribution in [1.29, 1.82) is 0 Å². The summed E-state index contributed by atoms with van der Waals surface area (Å²) < 4.78 is 5.88. The van der Waals surface area contributed by atoms with Crippen LogP contribution in [0.15, 0.2) is 93.1 Å². The van der Waals surface area contributed by atoms with Crippen LogP contribution >= 0.6 is 46.6 Å². The number of fused-ring (bicyclic) bond motifs is 2. The molecule has 158 valence electrons. The third-order valence-corrected chi connectivity index (χ3v) is 6.85. The normalized spacial score (nSPS) is 12.7. The van der Waals surface area contributed by atoms with E-state index >= 15 is 0 Å². The number of amides is 1. The van der Waals surface area contributed by atoms with E-state index in [0.29, 0.717) is 32.2 Å². The highest BCUT2D eigenvalue weighted by molar-refractivity contribution is 7.99. The van der Waals surface area contributed by atoms with Crippen LogP contribution in [0.3, 0.4) is 0 Å². The fourth-order valence-electron chi connectivity index (χ4n) is 3.47. The number of benzene rings is 3. The molecule has 1 aromatic heterocycles. The predicted octanol–water partition coefficient (Wildman–Crippen LogP) is 8.75. The van der Waals surface area contributed by atoms with Gasteiger partial charge in [0.25, 0.3) is 5.91 Å². The first-order valence-electron chi connectivity index (χ1n) is 9.63. The third-order valence-electron chi connectivity index (χ3n) is 4.92. The van der Waals surface area contributed by atoms with Crippen molar-refractivity contribution in [3.8, 4) is 11.3 Å². The largest absolute Gasteiger partial charge is 0.457 e. The Bertz CT molecular complexity index is 1380. The molecule has 0 spiro atoms. The Balaban J connectivity index is 1.47. The Kier molecular flexibility index (Phi) is 5.78. The van der Waals surface area contributed by atoms with Gasteiger partial charge < -0.3 is 4.42 Å². The van der Waals surface area contributed by atoms with Crippen molar-refractivity contribution < 1.29 is 9.21 Å². The summed E-state index contributed by atoms with van der Waals surface area (Å²) >= 11 is 20.2. The molecule has 0 radical (unpaired) electrons. The number of rotatable bonds is 3. The smallest absolute Gasteiger partial charge is 0.255 e. The molecule has 1 amide bonds. The summed E-state index contributed by atoms with van der Waals surface area (Å²) in [5, 5.41) is 1.66. The van der Waals surface area contributed by atoms with Crippen LogP contribution in [0.4, 0.5) is 11.4 Å². The molecule has 0 bridgehead atoms. The van der Waals surface area contributed by atoms with Gasteiger partial charge in [0.05, 0.1) is 16.4 Å². The first-order chi connectivity index (χ1) is 15.5. The number of para-hydroxylation sites is 1. The molecule has 3 aromatic carbocycles. The quantitative estimate of drug-likeness (QED) is 0.265. The van der Waals surface area contributed by atoms with E-state index in [4.69, 9.17) is 39.2 Å². The monoisotopic (exact) mass is 497 g/mol.